The third-order valence-electron chi connectivity index (χ3n) is 7.16. The van der Waals surface area contributed by atoms with Gasteiger partial charge in [0.25, 0.3) is 0 Å². The van der Waals surface area contributed by atoms with Crippen molar-refractivity contribution in [2.75, 3.05) is 6.61 Å². The Morgan fingerprint density at radius 3 is 2.73 bits per heavy atom. The number of hydrogen-bond acceptors (Lipinski definition) is 2. The van der Waals surface area contributed by atoms with Crippen LogP contribution >= 0.6 is 0 Å². The van der Waals surface area contributed by atoms with Crippen LogP contribution in [-0.2, 0) is 0 Å². The minimum absolute atomic E-state index is 0.169. The van der Waals surface area contributed by atoms with Gasteiger partial charge in [-0.05, 0) is 81.5 Å². The summed E-state index contributed by atoms with van der Waals surface area (Å²) >= 11 is 0. The van der Waals surface area contributed by atoms with Crippen molar-refractivity contribution in [1.29, 1.82) is 0 Å². The summed E-state index contributed by atoms with van der Waals surface area (Å²) in [6.07, 6.45) is 8.89. The summed E-state index contributed by atoms with van der Waals surface area (Å²) in [7, 11) is 0. The van der Waals surface area contributed by atoms with Crippen molar-refractivity contribution in [2.45, 2.75) is 64.9 Å². The molecule has 0 spiro atoms. The molecule has 0 radical (unpaired) electrons. The lowest BCUT2D eigenvalue weighted by Gasteiger charge is -2.32. The van der Waals surface area contributed by atoms with Crippen LogP contribution in [-0.4, -0.2) is 22.4 Å². The maximum atomic E-state index is 10.9. The third-order valence-corrected chi connectivity index (χ3v) is 7.16. The van der Waals surface area contributed by atoms with E-state index >= 15 is 0 Å². The molecule has 0 bridgehead atoms. The minimum Gasteiger partial charge on any atom is -0.392 e. The first-order valence-corrected chi connectivity index (χ1v) is 8.98. The monoisotopic (exact) mass is 304 g/mol. The Kier molecular flexibility index (Phi) is 4.06. The van der Waals surface area contributed by atoms with Crippen molar-refractivity contribution in [3.05, 3.63) is 23.8 Å². The minimum atomic E-state index is -0.504. The van der Waals surface area contributed by atoms with Crippen LogP contribution in [0, 0.1) is 29.1 Å². The summed E-state index contributed by atoms with van der Waals surface area (Å²) in [6, 6.07) is 0. The van der Waals surface area contributed by atoms with Gasteiger partial charge in [-0.2, -0.15) is 0 Å². The first-order chi connectivity index (χ1) is 10.3. The van der Waals surface area contributed by atoms with Crippen LogP contribution in [0.15, 0.2) is 23.8 Å². The summed E-state index contributed by atoms with van der Waals surface area (Å²) in [4.78, 5) is 0. The molecule has 0 amide bonds. The van der Waals surface area contributed by atoms with E-state index in [4.69, 9.17) is 5.11 Å². The topological polar surface area (TPSA) is 40.5 Å². The van der Waals surface area contributed by atoms with E-state index in [1.165, 1.54) is 18.4 Å². The molecule has 2 nitrogen and oxygen atoms in total. The number of hydrogen-bond donors (Lipinski definition) is 2. The molecule has 0 saturated heterocycles. The van der Waals surface area contributed by atoms with Crippen molar-refractivity contribution in [3.8, 4) is 0 Å². The van der Waals surface area contributed by atoms with Crippen molar-refractivity contribution in [2.24, 2.45) is 29.1 Å². The summed E-state index contributed by atoms with van der Waals surface area (Å²) < 4.78 is 0. The molecule has 124 valence electrons. The fourth-order valence-electron chi connectivity index (χ4n) is 5.76. The van der Waals surface area contributed by atoms with Gasteiger partial charge >= 0.3 is 0 Å². The van der Waals surface area contributed by atoms with Gasteiger partial charge in [0.2, 0.25) is 0 Å². The van der Waals surface area contributed by atoms with Gasteiger partial charge in [-0.15, -0.1) is 0 Å². The highest BCUT2D eigenvalue weighted by atomic mass is 16.3. The molecule has 3 aliphatic rings. The molecule has 0 heterocycles. The van der Waals surface area contributed by atoms with Gasteiger partial charge in [-0.25, -0.2) is 0 Å². The Hall–Kier alpha value is -0.600. The quantitative estimate of drug-likeness (QED) is 0.768. The molecular formula is C20H32O2. The molecule has 2 heteroatoms. The Bertz CT molecular complexity index is 490. The molecule has 3 rings (SSSR count). The molecule has 2 N–H and O–H groups in total. The molecule has 3 fully saturated rings. The number of rotatable bonds is 4. The van der Waals surface area contributed by atoms with Gasteiger partial charge in [0.15, 0.2) is 0 Å². The molecule has 0 aromatic rings. The first kappa shape index (κ1) is 16.3. The SMILES string of the molecule is C=C1CC[C@@H]2[C@H]([C@H]3[C@H]1CC[C@]3(C)O)[C@@]2(C)CC/C=C(/C)CO. The third kappa shape index (κ3) is 2.49. The smallest absolute Gasteiger partial charge is 0.0656 e. The van der Waals surface area contributed by atoms with Crippen LogP contribution in [0.4, 0.5) is 0 Å². The van der Waals surface area contributed by atoms with Crippen molar-refractivity contribution < 1.29 is 10.2 Å². The number of allylic oxidation sites excluding steroid dienone is 2. The lowest BCUT2D eigenvalue weighted by atomic mass is 9.76. The zero-order chi connectivity index (χ0) is 16.1. The van der Waals surface area contributed by atoms with Crippen LogP contribution in [0.3, 0.4) is 0 Å². The number of aliphatic hydroxyl groups is 2. The summed E-state index contributed by atoms with van der Waals surface area (Å²) in [5.74, 6) is 2.38. The van der Waals surface area contributed by atoms with Gasteiger partial charge < -0.3 is 10.2 Å². The van der Waals surface area contributed by atoms with E-state index in [1.807, 2.05) is 6.92 Å². The molecule has 22 heavy (non-hydrogen) atoms. The van der Waals surface area contributed by atoms with E-state index in [0.29, 0.717) is 23.2 Å². The first-order valence-electron chi connectivity index (χ1n) is 8.98. The lowest BCUT2D eigenvalue weighted by Crippen LogP contribution is -2.35. The molecule has 3 aliphatic carbocycles. The highest BCUT2D eigenvalue weighted by Gasteiger charge is 2.68. The van der Waals surface area contributed by atoms with E-state index in [-0.39, 0.29) is 6.61 Å². The summed E-state index contributed by atoms with van der Waals surface area (Å²) in [6.45, 7) is 11.0. The summed E-state index contributed by atoms with van der Waals surface area (Å²) in [5, 5.41) is 20.1. The fraction of sp³-hybridized carbons (Fsp3) is 0.800. The molecule has 0 aromatic heterocycles. The molecule has 0 unspecified atom stereocenters. The van der Waals surface area contributed by atoms with Crippen LogP contribution < -0.4 is 0 Å². The standard InChI is InChI=1S/C20H32O2/c1-13(12-21)6-5-10-19(3)16-8-7-14(2)15-9-11-20(4,22)17(15)18(16)19/h6,15-18,21-22H,2,5,7-12H2,1,3-4H3/b13-6-/t15-,16+,17+,18+,19-,20-/m0/s1. The largest absolute Gasteiger partial charge is 0.392 e. The highest BCUT2D eigenvalue weighted by Crippen LogP contribution is 2.73. The molecule has 3 saturated carbocycles. The van der Waals surface area contributed by atoms with Gasteiger partial charge in [0, 0.05) is 0 Å². The Labute approximate surface area is 135 Å². The predicted octanol–water partition coefficient (Wildman–Crippen LogP) is 4.08. The van der Waals surface area contributed by atoms with Crippen molar-refractivity contribution in [3.63, 3.8) is 0 Å². The average Bonchev–Trinajstić information content (AvgIpc) is 2.95. The van der Waals surface area contributed by atoms with Crippen LogP contribution in [0.1, 0.15) is 59.3 Å². The Morgan fingerprint density at radius 2 is 2.05 bits per heavy atom. The molecular weight excluding hydrogens is 272 g/mol. The van der Waals surface area contributed by atoms with Crippen molar-refractivity contribution in [1.82, 2.24) is 0 Å². The normalized spacial score (nSPS) is 47.9. The molecule has 6 atom stereocenters. The van der Waals surface area contributed by atoms with E-state index in [9.17, 15) is 5.11 Å². The van der Waals surface area contributed by atoms with E-state index in [2.05, 4.69) is 26.5 Å². The zero-order valence-electron chi connectivity index (χ0n) is 14.4. The van der Waals surface area contributed by atoms with E-state index in [0.717, 1.165) is 37.2 Å². The Morgan fingerprint density at radius 1 is 1.32 bits per heavy atom. The van der Waals surface area contributed by atoms with Crippen molar-refractivity contribution >= 4 is 0 Å². The average molecular weight is 304 g/mol. The second kappa shape index (κ2) is 5.49. The van der Waals surface area contributed by atoms with Gasteiger partial charge in [-0.1, -0.05) is 30.7 Å². The lowest BCUT2D eigenvalue weighted by molar-refractivity contribution is -0.00230. The van der Waals surface area contributed by atoms with E-state index < -0.39 is 5.60 Å². The van der Waals surface area contributed by atoms with Gasteiger partial charge in [-0.3, -0.25) is 0 Å². The highest BCUT2D eigenvalue weighted by molar-refractivity contribution is 5.24. The number of fused-ring (bicyclic) bond motifs is 3. The summed E-state index contributed by atoms with van der Waals surface area (Å²) in [5.41, 5.74) is 2.34. The number of aliphatic hydroxyl groups excluding tert-OH is 1. The predicted molar refractivity (Wildman–Crippen MR) is 90.4 cm³/mol. The van der Waals surface area contributed by atoms with Gasteiger partial charge in [0.1, 0.15) is 0 Å². The molecule has 0 aliphatic heterocycles. The second-order valence-corrected chi connectivity index (χ2v) is 8.61. The van der Waals surface area contributed by atoms with E-state index in [1.54, 1.807) is 0 Å². The van der Waals surface area contributed by atoms with Crippen LogP contribution in [0.25, 0.3) is 0 Å². The maximum absolute atomic E-state index is 10.9. The Balaban J connectivity index is 1.76. The second-order valence-electron chi connectivity index (χ2n) is 8.61. The fourth-order valence-corrected chi connectivity index (χ4v) is 5.76. The van der Waals surface area contributed by atoms with Gasteiger partial charge in [0.05, 0.1) is 12.2 Å². The van der Waals surface area contributed by atoms with Crippen LogP contribution in [0.5, 0.6) is 0 Å². The maximum Gasteiger partial charge on any atom is 0.0656 e. The van der Waals surface area contributed by atoms with Crippen LogP contribution in [0.2, 0.25) is 0 Å². The zero-order valence-corrected chi connectivity index (χ0v) is 14.4. The molecule has 0 aromatic carbocycles.